The lowest BCUT2D eigenvalue weighted by atomic mass is 10.1. The van der Waals surface area contributed by atoms with E-state index in [1.54, 1.807) is 0 Å². The fourth-order valence-corrected chi connectivity index (χ4v) is 2.04. The van der Waals surface area contributed by atoms with E-state index in [2.05, 4.69) is 48.9 Å². The van der Waals surface area contributed by atoms with Crippen molar-refractivity contribution in [2.24, 2.45) is 0 Å². The summed E-state index contributed by atoms with van der Waals surface area (Å²) in [7, 11) is 0. The van der Waals surface area contributed by atoms with Gasteiger partial charge < -0.3 is 10.1 Å². The van der Waals surface area contributed by atoms with Gasteiger partial charge in [0.1, 0.15) is 0 Å². The lowest BCUT2D eigenvalue weighted by Crippen LogP contribution is -2.37. The molecule has 1 aromatic rings. The molecule has 1 rings (SSSR count). The summed E-state index contributed by atoms with van der Waals surface area (Å²) in [6.07, 6.45) is 0.991. The van der Waals surface area contributed by atoms with E-state index in [-0.39, 0.29) is 5.60 Å². The molecule has 1 aromatic heterocycles. The van der Waals surface area contributed by atoms with Crippen molar-refractivity contribution in [2.45, 2.75) is 59.7 Å². The smallest absolute Gasteiger partial charge is 0.0750 e. The highest BCUT2D eigenvalue weighted by Gasteiger charge is 2.17. The van der Waals surface area contributed by atoms with Crippen LogP contribution in [-0.4, -0.2) is 28.5 Å². The Labute approximate surface area is 111 Å². The second kappa shape index (κ2) is 6.90. The molecule has 0 unspecified atom stereocenters. The van der Waals surface area contributed by atoms with Crippen molar-refractivity contribution in [1.29, 1.82) is 0 Å². The van der Waals surface area contributed by atoms with Crippen LogP contribution in [0.2, 0.25) is 0 Å². The van der Waals surface area contributed by atoms with Crippen LogP contribution in [-0.2, 0) is 24.2 Å². The zero-order valence-electron chi connectivity index (χ0n) is 12.4. The topological polar surface area (TPSA) is 39.1 Å². The largest absolute Gasteiger partial charge is 0.375 e. The predicted molar refractivity (Wildman–Crippen MR) is 74.7 cm³/mol. The molecule has 0 aliphatic heterocycles. The van der Waals surface area contributed by atoms with Gasteiger partial charge in [-0.1, -0.05) is 6.92 Å². The van der Waals surface area contributed by atoms with Crippen LogP contribution in [0.4, 0.5) is 0 Å². The Morgan fingerprint density at radius 1 is 1.33 bits per heavy atom. The number of hydrogen-bond acceptors (Lipinski definition) is 3. The van der Waals surface area contributed by atoms with Gasteiger partial charge in [0.05, 0.1) is 17.0 Å². The van der Waals surface area contributed by atoms with Crippen LogP contribution in [0, 0.1) is 0 Å². The first-order valence-corrected chi connectivity index (χ1v) is 6.92. The molecule has 4 nitrogen and oxygen atoms in total. The quantitative estimate of drug-likeness (QED) is 0.773. The summed E-state index contributed by atoms with van der Waals surface area (Å²) in [5, 5.41) is 8.00. The van der Waals surface area contributed by atoms with E-state index in [1.165, 1.54) is 5.69 Å². The third-order valence-electron chi connectivity index (χ3n) is 2.97. The van der Waals surface area contributed by atoms with Crippen LogP contribution < -0.4 is 5.32 Å². The van der Waals surface area contributed by atoms with E-state index in [0.717, 1.165) is 38.4 Å². The van der Waals surface area contributed by atoms with E-state index < -0.39 is 0 Å². The fourth-order valence-electron chi connectivity index (χ4n) is 2.04. The Kier molecular flexibility index (Phi) is 5.82. The number of ether oxygens (including phenoxy) is 1. The lowest BCUT2D eigenvalue weighted by Gasteiger charge is -2.25. The Bertz CT molecular complexity index is 358. The van der Waals surface area contributed by atoms with Crippen molar-refractivity contribution in [3.63, 3.8) is 0 Å². The number of hydrogen-bond donors (Lipinski definition) is 1. The molecule has 0 aliphatic rings. The monoisotopic (exact) mass is 253 g/mol. The van der Waals surface area contributed by atoms with Crippen molar-refractivity contribution in [3.8, 4) is 0 Å². The van der Waals surface area contributed by atoms with E-state index in [1.807, 2.05) is 6.92 Å². The van der Waals surface area contributed by atoms with E-state index in [4.69, 9.17) is 4.74 Å². The molecule has 0 saturated carbocycles. The predicted octanol–water partition coefficient (Wildman–Crippen LogP) is 2.37. The number of aryl methyl sites for hydroxylation is 2. The highest BCUT2D eigenvalue weighted by atomic mass is 16.5. The summed E-state index contributed by atoms with van der Waals surface area (Å²) in [5.41, 5.74) is 2.30. The van der Waals surface area contributed by atoms with Crippen molar-refractivity contribution >= 4 is 0 Å². The molecular formula is C14H27N3O. The molecule has 1 heterocycles. The first-order chi connectivity index (χ1) is 8.52. The molecule has 104 valence electrons. The Hall–Kier alpha value is -0.870. The van der Waals surface area contributed by atoms with Crippen molar-refractivity contribution < 1.29 is 4.74 Å². The molecule has 1 N–H and O–H groups in total. The van der Waals surface area contributed by atoms with E-state index in [9.17, 15) is 0 Å². The second-order valence-electron chi connectivity index (χ2n) is 5.09. The Morgan fingerprint density at radius 2 is 2.06 bits per heavy atom. The molecule has 0 fully saturated rings. The summed E-state index contributed by atoms with van der Waals surface area (Å²) in [5.74, 6) is 0. The average molecular weight is 253 g/mol. The molecule has 18 heavy (non-hydrogen) atoms. The Morgan fingerprint density at radius 3 is 2.61 bits per heavy atom. The molecule has 4 heteroatoms. The summed E-state index contributed by atoms with van der Waals surface area (Å²) < 4.78 is 7.73. The van der Waals surface area contributed by atoms with Gasteiger partial charge >= 0.3 is 0 Å². The summed E-state index contributed by atoms with van der Waals surface area (Å²) in [4.78, 5) is 0. The standard InChI is InChI=1S/C14H27N3O/c1-6-12-9-13(17(7-2)16-12)10-15-11-14(4,5)18-8-3/h9,15H,6-8,10-11H2,1-5H3. The number of nitrogens with one attached hydrogen (secondary N) is 1. The highest BCUT2D eigenvalue weighted by molar-refractivity contribution is 5.10. The van der Waals surface area contributed by atoms with Gasteiger partial charge in [-0.3, -0.25) is 4.68 Å². The number of aromatic nitrogens is 2. The maximum atomic E-state index is 5.67. The summed E-state index contributed by atoms with van der Waals surface area (Å²) in [6.45, 7) is 13.9. The van der Waals surface area contributed by atoms with Gasteiger partial charge in [-0.15, -0.1) is 0 Å². The third-order valence-corrected chi connectivity index (χ3v) is 2.97. The van der Waals surface area contributed by atoms with E-state index >= 15 is 0 Å². The van der Waals surface area contributed by atoms with Crippen LogP contribution in [0.25, 0.3) is 0 Å². The zero-order chi connectivity index (χ0) is 13.6. The number of rotatable bonds is 8. The zero-order valence-corrected chi connectivity index (χ0v) is 12.4. The lowest BCUT2D eigenvalue weighted by molar-refractivity contribution is -0.00906. The van der Waals surface area contributed by atoms with Gasteiger partial charge in [0.15, 0.2) is 0 Å². The second-order valence-corrected chi connectivity index (χ2v) is 5.09. The van der Waals surface area contributed by atoms with Gasteiger partial charge in [-0.2, -0.15) is 5.10 Å². The molecule has 0 radical (unpaired) electrons. The van der Waals surface area contributed by atoms with Crippen molar-refractivity contribution in [3.05, 3.63) is 17.5 Å². The number of nitrogens with zero attached hydrogens (tertiary/aromatic N) is 2. The molecule has 0 atom stereocenters. The van der Waals surface area contributed by atoms with Gasteiger partial charge in [0, 0.05) is 26.2 Å². The van der Waals surface area contributed by atoms with Crippen molar-refractivity contribution in [2.75, 3.05) is 13.2 Å². The maximum absolute atomic E-state index is 5.67. The van der Waals surface area contributed by atoms with Crippen LogP contribution in [0.5, 0.6) is 0 Å². The molecule has 0 aromatic carbocycles. The molecule has 0 saturated heterocycles. The SMILES string of the molecule is CCOC(C)(C)CNCc1cc(CC)nn1CC. The highest BCUT2D eigenvalue weighted by Crippen LogP contribution is 2.09. The van der Waals surface area contributed by atoms with Gasteiger partial charge in [0.25, 0.3) is 0 Å². The van der Waals surface area contributed by atoms with Crippen molar-refractivity contribution in [1.82, 2.24) is 15.1 Å². The van der Waals surface area contributed by atoms with Gasteiger partial charge in [0.2, 0.25) is 0 Å². The van der Waals surface area contributed by atoms with Crippen LogP contribution in [0.1, 0.15) is 46.0 Å². The molecular weight excluding hydrogens is 226 g/mol. The van der Waals surface area contributed by atoms with E-state index in [0.29, 0.717) is 0 Å². The summed E-state index contributed by atoms with van der Waals surface area (Å²) >= 11 is 0. The van der Waals surface area contributed by atoms with Crippen LogP contribution in [0.15, 0.2) is 6.07 Å². The maximum Gasteiger partial charge on any atom is 0.0750 e. The van der Waals surface area contributed by atoms with Crippen LogP contribution in [0.3, 0.4) is 0 Å². The molecule has 0 amide bonds. The molecule has 0 spiro atoms. The minimum Gasteiger partial charge on any atom is -0.375 e. The third kappa shape index (κ3) is 4.42. The average Bonchev–Trinajstić information content (AvgIpc) is 2.71. The minimum atomic E-state index is -0.112. The Balaban J connectivity index is 2.50. The van der Waals surface area contributed by atoms with Gasteiger partial charge in [-0.05, 0) is 40.2 Å². The van der Waals surface area contributed by atoms with Crippen LogP contribution >= 0.6 is 0 Å². The first-order valence-electron chi connectivity index (χ1n) is 6.92. The summed E-state index contributed by atoms with van der Waals surface area (Å²) in [6, 6.07) is 2.18. The fraction of sp³-hybridized carbons (Fsp3) is 0.786. The molecule has 0 aliphatic carbocycles. The first kappa shape index (κ1) is 15.2. The normalized spacial score (nSPS) is 12.1. The van der Waals surface area contributed by atoms with Gasteiger partial charge in [-0.25, -0.2) is 0 Å². The molecule has 0 bridgehead atoms. The minimum absolute atomic E-state index is 0.112.